The van der Waals surface area contributed by atoms with E-state index in [-0.39, 0.29) is 10.6 Å². The Hall–Kier alpha value is -2.63. The number of hydrogen-bond donors (Lipinski definition) is 0. The van der Waals surface area contributed by atoms with Crippen molar-refractivity contribution in [3.05, 3.63) is 92.9 Å². The Labute approximate surface area is 188 Å². The highest BCUT2D eigenvalue weighted by molar-refractivity contribution is 6.33. The van der Waals surface area contributed by atoms with Crippen molar-refractivity contribution < 1.29 is 0 Å². The van der Waals surface area contributed by atoms with Gasteiger partial charge in [-0.3, -0.25) is 9.69 Å². The van der Waals surface area contributed by atoms with Crippen LogP contribution < -0.4 is 10.5 Å². The summed E-state index contributed by atoms with van der Waals surface area (Å²) < 4.78 is 1.43. The van der Waals surface area contributed by atoms with Gasteiger partial charge < -0.3 is 4.90 Å². The molecule has 31 heavy (non-hydrogen) atoms. The third-order valence-electron chi connectivity index (χ3n) is 5.91. The predicted molar refractivity (Wildman–Crippen MR) is 127 cm³/mol. The fraction of sp³-hybridized carbons (Fsp3) is 0.360. The highest BCUT2D eigenvalue weighted by Gasteiger charge is 2.21. The monoisotopic (exact) mass is 436 g/mol. The Morgan fingerprint density at radius 3 is 2.19 bits per heavy atom. The van der Waals surface area contributed by atoms with Crippen LogP contribution >= 0.6 is 11.6 Å². The topological polar surface area (TPSA) is 41.4 Å². The van der Waals surface area contributed by atoms with E-state index in [1.54, 1.807) is 6.20 Å². The fourth-order valence-electron chi connectivity index (χ4n) is 3.96. The van der Waals surface area contributed by atoms with Crippen LogP contribution in [0.1, 0.15) is 36.5 Å². The average molecular weight is 437 g/mol. The lowest BCUT2D eigenvalue weighted by molar-refractivity contribution is 0.249. The van der Waals surface area contributed by atoms with E-state index in [9.17, 15) is 4.79 Å². The molecule has 162 valence electrons. The Bertz CT molecular complexity index is 1060. The molecule has 6 heteroatoms. The van der Waals surface area contributed by atoms with E-state index in [4.69, 9.17) is 11.6 Å². The second-order valence-corrected chi connectivity index (χ2v) is 8.83. The summed E-state index contributed by atoms with van der Waals surface area (Å²) in [5, 5.41) is 4.64. The van der Waals surface area contributed by atoms with Gasteiger partial charge >= 0.3 is 0 Å². The maximum atomic E-state index is 12.7. The molecule has 4 rings (SSSR count). The van der Waals surface area contributed by atoms with E-state index in [0.717, 1.165) is 44.0 Å². The smallest absolute Gasteiger partial charge is 0.287 e. The van der Waals surface area contributed by atoms with Crippen LogP contribution in [-0.2, 0) is 13.1 Å². The van der Waals surface area contributed by atoms with Gasteiger partial charge in [0.25, 0.3) is 5.56 Å². The van der Waals surface area contributed by atoms with Crippen LogP contribution in [0.15, 0.2) is 65.6 Å². The normalized spacial score (nSPS) is 14.9. The summed E-state index contributed by atoms with van der Waals surface area (Å²) in [6.07, 6.45) is 1.73. The third kappa shape index (κ3) is 5.17. The Morgan fingerprint density at radius 2 is 1.55 bits per heavy atom. The molecule has 1 aliphatic rings. The van der Waals surface area contributed by atoms with E-state index in [1.165, 1.54) is 15.8 Å². The first-order valence-corrected chi connectivity index (χ1v) is 11.2. The lowest BCUT2D eigenvalue weighted by Gasteiger charge is -2.36. The van der Waals surface area contributed by atoms with E-state index >= 15 is 0 Å². The molecule has 0 amide bonds. The van der Waals surface area contributed by atoms with Gasteiger partial charge in [0, 0.05) is 32.7 Å². The first-order valence-electron chi connectivity index (χ1n) is 10.9. The van der Waals surface area contributed by atoms with Gasteiger partial charge in [0.05, 0.1) is 18.4 Å². The molecule has 0 atom stereocenters. The molecule has 0 saturated carbocycles. The van der Waals surface area contributed by atoms with Crippen molar-refractivity contribution in [1.29, 1.82) is 0 Å². The molecule has 0 unspecified atom stereocenters. The minimum atomic E-state index is -0.240. The number of nitrogens with zero attached hydrogens (tertiary/aromatic N) is 4. The van der Waals surface area contributed by atoms with Crippen LogP contribution in [0.5, 0.6) is 0 Å². The van der Waals surface area contributed by atoms with Gasteiger partial charge in [-0.2, -0.15) is 5.10 Å². The first-order chi connectivity index (χ1) is 15.0. The Balaban J connectivity index is 1.38. The molecular weight excluding hydrogens is 408 g/mol. The van der Waals surface area contributed by atoms with Crippen molar-refractivity contribution in [1.82, 2.24) is 14.7 Å². The molecule has 0 aliphatic carbocycles. The standard InChI is InChI=1S/C25H29ClN4O/c1-19(2)22-10-8-21(9-11-22)17-28-12-14-29(15-13-28)23-16-27-30(25(31)24(23)26)18-20-6-4-3-5-7-20/h3-11,16,19H,12-15,17-18H2,1-2H3. The quantitative estimate of drug-likeness (QED) is 0.574. The number of aromatic nitrogens is 2. The molecule has 1 fully saturated rings. The zero-order valence-electron chi connectivity index (χ0n) is 18.2. The maximum absolute atomic E-state index is 12.7. The molecule has 0 bridgehead atoms. The Morgan fingerprint density at radius 1 is 0.903 bits per heavy atom. The Kier molecular flexibility index (Phi) is 6.73. The van der Waals surface area contributed by atoms with E-state index in [2.05, 4.69) is 53.0 Å². The van der Waals surface area contributed by atoms with Crippen molar-refractivity contribution in [3.63, 3.8) is 0 Å². The molecule has 2 aromatic carbocycles. The molecular formula is C25H29ClN4O. The highest BCUT2D eigenvalue weighted by atomic mass is 35.5. The number of halogens is 1. The third-order valence-corrected chi connectivity index (χ3v) is 6.26. The maximum Gasteiger partial charge on any atom is 0.287 e. The van der Waals surface area contributed by atoms with Gasteiger partial charge in [-0.05, 0) is 22.6 Å². The summed E-state index contributed by atoms with van der Waals surface area (Å²) in [7, 11) is 0. The van der Waals surface area contributed by atoms with Gasteiger partial charge in [-0.1, -0.05) is 80.0 Å². The van der Waals surface area contributed by atoms with Gasteiger partial charge in [-0.25, -0.2) is 4.68 Å². The number of hydrogen-bond acceptors (Lipinski definition) is 4. The summed E-state index contributed by atoms with van der Waals surface area (Å²) in [5.74, 6) is 0.555. The average Bonchev–Trinajstić information content (AvgIpc) is 2.79. The van der Waals surface area contributed by atoms with Crippen LogP contribution in [0.2, 0.25) is 5.02 Å². The molecule has 1 aliphatic heterocycles. The van der Waals surface area contributed by atoms with Crippen LogP contribution in [0.3, 0.4) is 0 Å². The molecule has 5 nitrogen and oxygen atoms in total. The van der Waals surface area contributed by atoms with Crippen molar-refractivity contribution in [2.45, 2.75) is 32.9 Å². The molecule has 0 radical (unpaired) electrons. The van der Waals surface area contributed by atoms with Crippen molar-refractivity contribution in [2.75, 3.05) is 31.1 Å². The summed E-state index contributed by atoms with van der Waals surface area (Å²) in [5.41, 5.74) is 4.22. The molecule has 0 N–H and O–H groups in total. The van der Waals surface area contributed by atoms with Gasteiger partial charge in [0.15, 0.2) is 0 Å². The molecule has 3 aromatic rings. The van der Waals surface area contributed by atoms with Crippen molar-refractivity contribution in [3.8, 4) is 0 Å². The number of benzene rings is 2. The van der Waals surface area contributed by atoms with E-state index in [1.807, 2.05) is 30.3 Å². The first kappa shape index (κ1) is 21.6. The SMILES string of the molecule is CC(C)c1ccc(CN2CCN(c3cnn(Cc4ccccc4)c(=O)c3Cl)CC2)cc1. The number of piperazine rings is 1. The second-order valence-electron chi connectivity index (χ2n) is 8.45. The lowest BCUT2D eigenvalue weighted by Crippen LogP contribution is -2.46. The molecule has 2 heterocycles. The zero-order chi connectivity index (χ0) is 21.8. The van der Waals surface area contributed by atoms with Gasteiger partial charge in [-0.15, -0.1) is 0 Å². The van der Waals surface area contributed by atoms with Crippen LogP contribution in [0.25, 0.3) is 0 Å². The predicted octanol–water partition coefficient (Wildman–Crippen LogP) is 4.39. The van der Waals surface area contributed by atoms with E-state index < -0.39 is 0 Å². The summed E-state index contributed by atoms with van der Waals surface area (Å²) >= 11 is 6.48. The minimum absolute atomic E-state index is 0.240. The van der Waals surface area contributed by atoms with Crippen LogP contribution in [0.4, 0.5) is 5.69 Å². The number of rotatable bonds is 6. The lowest BCUT2D eigenvalue weighted by atomic mass is 10.0. The zero-order valence-corrected chi connectivity index (χ0v) is 18.9. The van der Waals surface area contributed by atoms with E-state index in [0.29, 0.717) is 12.5 Å². The molecule has 1 saturated heterocycles. The largest absolute Gasteiger partial charge is 0.366 e. The second kappa shape index (κ2) is 9.67. The summed E-state index contributed by atoms with van der Waals surface area (Å²) in [6.45, 7) is 9.30. The minimum Gasteiger partial charge on any atom is -0.366 e. The van der Waals surface area contributed by atoms with Crippen LogP contribution in [0, 0.1) is 0 Å². The molecule has 0 spiro atoms. The van der Waals surface area contributed by atoms with Gasteiger partial charge in [0.1, 0.15) is 5.02 Å². The highest BCUT2D eigenvalue weighted by Crippen LogP contribution is 2.23. The molecule has 1 aromatic heterocycles. The number of anilines is 1. The van der Waals surface area contributed by atoms with Crippen molar-refractivity contribution in [2.24, 2.45) is 0 Å². The summed E-state index contributed by atoms with van der Waals surface area (Å²) in [4.78, 5) is 17.4. The fourth-order valence-corrected chi connectivity index (χ4v) is 4.22. The summed E-state index contributed by atoms with van der Waals surface area (Å²) in [6, 6.07) is 18.7. The van der Waals surface area contributed by atoms with Crippen LogP contribution in [-0.4, -0.2) is 40.9 Å². The van der Waals surface area contributed by atoms with Gasteiger partial charge in [0.2, 0.25) is 0 Å². The van der Waals surface area contributed by atoms with Crippen molar-refractivity contribution >= 4 is 17.3 Å².